The number of aromatic amines is 1. The predicted octanol–water partition coefficient (Wildman–Crippen LogP) is 1.14. The lowest BCUT2D eigenvalue weighted by Gasteiger charge is -2.01. The van der Waals surface area contributed by atoms with Gasteiger partial charge in [-0.05, 0) is 6.07 Å². The van der Waals surface area contributed by atoms with Gasteiger partial charge < -0.3 is 5.11 Å². The zero-order valence-corrected chi connectivity index (χ0v) is 7.27. The molecule has 1 heterocycles. The fourth-order valence-corrected chi connectivity index (χ4v) is 1.24. The number of aromatic nitrogens is 2. The quantitative estimate of drug-likeness (QED) is 0.705. The maximum absolute atomic E-state index is 11.0. The Kier molecular flexibility index (Phi) is 2.02. The van der Waals surface area contributed by atoms with Gasteiger partial charge in [0.15, 0.2) is 0 Å². The lowest BCUT2D eigenvalue weighted by atomic mass is 10.1. The molecule has 1 aromatic carbocycles. The van der Waals surface area contributed by atoms with Crippen LogP contribution in [0.1, 0.15) is 0 Å². The van der Waals surface area contributed by atoms with Gasteiger partial charge in [0.2, 0.25) is 0 Å². The fourth-order valence-electron chi connectivity index (χ4n) is 1.24. The minimum absolute atomic E-state index is 0.139. The van der Waals surface area contributed by atoms with E-state index in [2.05, 4.69) is 10.2 Å². The average molecular weight is 188 g/mol. The molecule has 70 valence electrons. The van der Waals surface area contributed by atoms with Gasteiger partial charge in [-0.1, -0.05) is 18.2 Å². The van der Waals surface area contributed by atoms with Gasteiger partial charge in [0.05, 0.1) is 6.20 Å². The molecular weight excluding hydrogens is 180 g/mol. The Morgan fingerprint density at radius 1 is 1.29 bits per heavy atom. The van der Waals surface area contributed by atoms with E-state index < -0.39 is 0 Å². The van der Waals surface area contributed by atoms with Crippen molar-refractivity contribution >= 4 is 0 Å². The van der Waals surface area contributed by atoms with Crippen LogP contribution in [0.2, 0.25) is 0 Å². The van der Waals surface area contributed by atoms with Gasteiger partial charge >= 0.3 is 0 Å². The number of para-hydroxylation sites is 1. The van der Waals surface area contributed by atoms with Crippen LogP contribution in [0.25, 0.3) is 11.1 Å². The van der Waals surface area contributed by atoms with Gasteiger partial charge in [-0.15, -0.1) is 0 Å². The highest BCUT2D eigenvalue weighted by atomic mass is 16.3. The largest absolute Gasteiger partial charge is 0.507 e. The monoisotopic (exact) mass is 188 g/mol. The molecule has 0 bridgehead atoms. The summed E-state index contributed by atoms with van der Waals surface area (Å²) in [6, 6.07) is 8.19. The molecule has 0 saturated carbocycles. The number of benzene rings is 1. The van der Waals surface area contributed by atoms with Crippen LogP contribution in [0.4, 0.5) is 0 Å². The summed E-state index contributed by atoms with van der Waals surface area (Å²) in [4.78, 5) is 11.0. The topological polar surface area (TPSA) is 66.0 Å². The maximum atomic E-state index is 11.0. The van der Waals surface area contributed by atoms with E-state index in [4.69, 9.17) is 0 Å². The van der Waals surface area contributed by atoms with E-state index in [-0.39, 0.29) is 11.3 Å². The number of nitrogens with one attached hydrogen (secondary N) is 1. The molecule has 4 nitrogen and oxygen atoms in total. The van der Waals surface area contributed by atoms with Crippen LogP contribution in [0, 0.1) is 0 Å². The van der Waals surface area contributed by atoms with Crippen molar-refractivity contribution in [1.82, 2.24) is 10.2 Å². The van der Waals surface area contributed by atoms with Crippen LogP contribution in [-0.2, 0) is 0 Å². The molecule has 0 aliphatic heterocycles. The molecule has 0 fully saturated rings. The second kappa shape index (κ2) is 3.33. The first kappa shape index (κ1) is 8.50. The Morgan fingerprint density at radius 2 is 2.07 bits per heavy atom. The third-order valence-electron chi connectivity index (χ3n) is 1.88. The first-order valence-electron chi connectivity index (χ1n) is 4.10. The van der Waals surface area contributed by atoms with Crippen LogP contribution < -0.4 is 5.56 Å². The molecule has 2 rings (SSSR count). The summed E-state index contributed by atoms with van der Waals surface area (Å²) in [5.74, 6) is 0.139. The van der Waals surface area contributed by atoms with E-state index in [1.54, 1.807) is 24.3 Å². The van der Waals surface area contributed by atoms with Crippen molar-refractivity contribution in [3.63, 3.8) is 0 Å². The number of rotatable bonds is 1. The number of aromatic hydroxyl groups is 1. The van der Waals surface area contributed by atoms with Crippen LogP contribution in [0.15, 0.2) is 41.3 Å². The SMILES string of the molecule is O=c1cc(-c2ccccc2O)cn[nH]1. The molecular formula is C10H8N2O2. The Hall–Kier alpha value is -2.10. The van der Waals surface area contributed by atoms with Crippen molar-refractivity contribution in [3.05, 3.63) is 46.9 Å². The number of hydrogen-bond donors (Lipinski definition) is 2. The van der Waals surface area contributed by atoms with Crippen LogP contribution in [0.5, 0.6) is 5.75 Å². The molecule has 0 unspecified atom stereocenters. The smallest absolute Gasteiger partial charge is 0.264 e. The number of phenolic OH excluding ortho intramolecular Hbond substituents is 1. The zero-order valence-electron chi connectivity index (χ0n) is 7.27. The highest BCUT2D eigenvalue weighted by Crippen LogP contribution is 2.26. The third-order valence-corrected chi connectivity index (χ3v) is 1.88. The summed E-state index contributed by atoms with van der Waals surface area (Å²) < 4.78 is 0. The Bertz CT molecular complexity index is 505. The Balaban J connectivity index is 2.61. The van der Waals surface area contributed by atoms with Crippen LogP contribution in [0.3, 0.4) is 0 Å². The Labute approximate surface area is 79.9 Å². The molecule has 2 aromatic rings. The van der Waals surface area contributed by atoms with Gasteiger partial charge in [-0.3, -0.25) is 4.79 Å². The van der Waals surface area contributed by atoms with E-state index in [0.717, 1.165) is 0 Å². The lowest BCUT2D eigenvalue weighted by Crippen LogP contribution is -2.05. The predicted molar refractivity (Wildman–Crippen MR) is 52.0 cm³/mol. The van der Waals surface area contributed by atoms with E-state index in [9.17, 15) is 9.90 Å². The summed E-state index contributed by atoms with van der Waals surface area (Å²) >= 11 is 0. The molecule has 4 heteroatoms. The molecule has 0 amide bonds. The van der Waals surface area contributed by atoms with Gasteiger partial charge in [-0.25, -0.2) is 5.10 Å². The number of phenols is 1. The lowest BCUT2D eigenvalue weighted by molar-refractivity contribution is 0.477. The highest BCUT2D eigenvalue weighted by molar-refractivity contribution is 5.68. The molecule has 0 spiro atoms. The van der Waals surface area contributed by atoms with Crippen LogP contribution in [-0.4, -0.2) is 15.3 Å². The summed E-state index contributed by atoms with van der Waals surface area (Å²) in [5, 5.41) is 15.4. The van der Waals surface area contributed by atoms with E-state index >= 15 is 0 Å². The standard InChI is InChI=1S/C10H8N2O2/c13-9-4-2-1-3-8(9)7-5-10(14)12-11-6-7/h1-6,13H,(H,12,14). The number of nitrogens with zero attached hydrogens (tertiary/aromatic N) is 1. The summed E-state index contributed by atoms with van der Waals surface area (Å²) in [6.07, 6.45) is 1.50. The molecule has 0 saturated heterocycles. The normalized spacial score (nSPS) is 10.0. The fraction of sp³-hybridized carbons (Fsp3) is 0. The minimum atomic E-state index is -0.286. The summed E-state index contributed by atoms with van der Waals surface area (Å²) in [7, 11) is 0. The third kappa shape index (κ3) is 1.50. The highest BCUT2D eigenvalue weighted by Gasteiger charge is 2.03. The summed E-state index contributed by atoms with van der Waals surface area (Å²) in [5.41, 5.74) is 0.920. The molecule has 1 aromatic heterocycles. The van der Waals surface area contributed by atoms with Gasteiger partial charge in [0, 0.05) is 17.2 Å². The van der Waals surface area contributed by atoms with E-state index in [0.29, 0.717) is 11.1 Å². The minimum Gasteiger partial charge on any atom is -0.507 e. The maximum Gasteiger partial charge on any atom is 0.264 e. The molecule has 2 N–H and O–H groups in total. The second-order valence-corrected chi connectivity index (χ2v) is 2.85. The first-order chi connectivity index (χ1) is 6.77. The van der Waals surface area contributed by atoms with Gasteiger partial charge in [-0.2, -0.15) is 5.10 Å². The first-order valence-corrected chi connectivity index (χ1v) is 4.10. The van der Waals surface area contributed by atoms with Crippen LogP contribution >= 0.6 is 0 Å². The number of H-pyrrole nitrogens is 1. The van der Waals surface area contributed by atoms with Crippen molar-refractivity contribution in [2.75, 3.05) is 0 Å². The molecule has 14 heavy (non-hydrogen) atoms. The Morgan fingerprint density at radius 3 is 2.79 bits per heavy atom. The van der Waals surface area contributed by atoms with E-state index in [1.165, 1.54) is 12.3 Å². The van der Waals surface area contributed by atoms with Crippen molar-refractivity contribution in [2.24, 2.45) is 0 Å². The van der Waals surface area contributed by atoms with Gasteiger partial charge in [0.25, 0.3) is 5.56 Å². The van der Waals surface area contributed by atoms with Gasteiger partial charge in [0.1, 0.15) is 5.75 Å². The van der Waals surface area contributed by atoms with Crippen molar-refractivity contribution in [1.29, 1.82) is 0 Å². The molecule has 0 aliphatic carbocycles. The number of hydrogen-bond acceptors (Lipinski definition) is 3. The van der Waals surface area contributed by atoms with Crippen molar-refractivity contribution in [2.45, 2.75) is 0 Å². The van der Waals surface area contributed by atoms with Crippen molar-refractivity contribution in [3.8, 4) is 16.9 Å². The average Bonchev–Trinajstić information content (AvgIpc) is 2.18. The summed E-state index contributed by atoms with van der Waals surface area (Å²) in [6.45, 7) is 0. The van der Waals surface area contributed by atoms with E-state index in [1.807, 2.05) is 0 Å². The molecule has 0 aliphatic rings. The second-order valence-electron chi connectivity index (χ2n) is 2.85. The van der Waals surface area contributed by atoms with Crippen molar-refractivity contribution < 1.29 is 5.11 Å². The zero-order chi connectivity index (χ0) is 9.97. The molecule has 0 atom stereocenters. The molecule has 0 radical (unpaired) electrons.